The van der Waals surface area contributed by atoms with Crippen LogP contribution < -0.4 is 5.32 Å². The Morgan fingerprint density at radius 1 is 0.824 bits per heavy atom. The van der Waals surface area contributed by atoms with Crippen molar-refractivity contribution in [2.75, 3.05) is 27.2 Å². The number of fused-ring (bicyclic) bond motifs is 3. The zero-order chi connectivity index (χ0) is 20.8. The average Bonchev–Trinajstić information content (AvgIpc) is 3.09. The fourth-order valence-corrected chi connectivity index (χ4v) is 4.25. The van der Waals surface area contributed by atoms with Gasteiger partial charge in [0.1, 0.15) is 0 Å². The van der Waals surface area contributed by atoms with Crippen molar-refractivity contribution in [2.45, 2.75) is 32.4 Å². The van der Waals surface area contributed by atoms with E-state index in [9.17, 15) is 0 Å². The van der Waals surface area contributed by atoms with Crippen LogP contribution in [0.5, 0.6) is 0 Å². The van der Waals surface area contributed by atoms with Crippen LogP contribution in [-0.4, -0.2) is 41.6 Å². The Labute approximate surface area is 228 Å². The molecule has 0 amide bonds. The molecular weight excluding hydrogens is 510 g/mol. The Kier molecular flexibility index (Phi) is 15.5. The van der Waals surface area contributed by atoms with Crippen molar-refractivity contribution in [3.05, 3.63) is 78.1 Å². The summed E-state index contributed by atoms with van der Waals surface area (Å²) in [6.07, 6.45) is 5.30. The third kappa shape index (κ3) is 8.01. The van der Waals surface area contributed by atoms with E-state index in [1.54, 1.807) is 0 Å². The van der Waals surface area contributed by atoms with E-state index >= 15 is 0 Å². The Morgan fingerprint density at radius 3 is 2.26 bits per heavy atom. The van der Waals surface area contributed by atoms with Gasteiger partial charge in [0.05, 0.1) is 11.2 Å². The summed E-state index contributed by atoms with van der Waals surface area (Å²) in [6.45, 7) is 3.91. The minimum Gasteiger partial charge on any atom is -0.339 e. The number of nitrogens with zero attached hydrogens (tertiary/aromatic N) is 3. The van der Waals surface area contributed by atoms with E-state index in [2.05, 4.69) is 89.5 Å². The molecule has 0 spiro atoms. The summed E-state index contributed by atoms with van der Waals surface area (Å²) < 4.78 is 2.48. The molecule has 0 bridgehead atoms. The Balaban J connectivity index is 0.00000272. The molecule has 0 aliphatic carbocycles. The second-order valence-electron chi connectivity index (χ2n) is 8.25. The maximum atomic E-state index is 4.77. The normalized spacial score (nSPS) is 10.3. The van der Waals surface area contributed by atoms with Gasteiger partial charge in [-0.2, -0.15) is 0 Å². The molecule has 0 aliphatic rings. The molecule has 4 rings (SSSR count). The van der Waals surface area contributed by atoms with Crippen molar-refractivity contribution in [3.63, 3.8) is 0 Å². The molecule has 8 heteroatoms. The molecule has 0 unspecified atom stereocenters. The monoisotopic (exact) mass is 544 g/mol. The van der Waals surface area contributed by atoms with Gasteiger partial charge in [0.25, 0.3) is 0 Å². The van der Waals surface area contributed by atoms with E-state index in [1.807, 2.05) is 6.20 Å². The predicted molar refractivity (Wildman–Crippen MR) is 156 cm³/mol. The maximum Gasteiger partial charge on any atom is 0.0784 e. The number of rotatable bonds is 10. The van der Waals surface area contributed by atoms with Crippen LogP contribution in [0.2, 0.25) is 0 Å². The standard InChI is InChI=1S/C26H32N4.4ClH/c1-29(2)18-9-16-27-20-24-26-23(15-17-28-24)22-13-6-7-14-25(22)30(26)19-8-12-21-10-4-3-5-11-21;;;;/h3-7,10-11,13-15,17,27H,8-9,12,16,18-20H2,1-2H3;4*1H. The fourth-order valence-electron chi connectivity index (χ4n) is 4.25. The SMILES string of the molecule is CN(C)CCCNCc1nccc2c3ccccc3n(CCCc3ccccc3)c12.Cl.Cl.Cl.Cl. The zero-order valence-corrected chi connectivity index (χ0v) is 23.0. The van der Waals surface area contributed by atoms with Gasteiger partial charge in [-0.3, -0.25) is 4.98 Å². The summed E-state index contributed by atoms with van der Waals surface area (Å²) in [5, 5.41) is 6.23. The summed E-state index contributed by atoms with van der Waals surface area (Å²) in [4.78, 5) is 7.00. The van der Waals surface area contributed by atoms with Crippen LogP contribution in [0, 0.1) is 0 Å². The Bertz CT molecular complexity index is 1100. The second kappa shape index (κ2) is 16.2. The molecule has 4 nitrogen and oxygen atoms in total. The van der Waals surface area contributed by atoms with E-state index in [-0.39, 0.29) is 49.6 Å². The number of aromatic nitrogens is 2. The number of benzene rings is 2. The zero-order valence-electron chi connectivity index (χ0n) is 19.8. The number of hydrogen-bond donors (Lipinski definition) is 1. The smallest absolute Gasteiger partial charge is 0.0784 e. The minimum absolute atomic E-state index is 0. The fraction of sp³-hybridized carbons (Fsp3) is 0.346. The molecular formula is C26H36Cl4N4. The highest BCUT2D eigenvalue weighted by Crippen LogP contribution is 2.30. The van der Waals surface area contributed by atoms with E-state index in [0.717, 1.165) is 51.1 Å². The minimum atomic E-state index is 0. The highest BCUT2D eigenvalue weighted by Gasteiger charge is 2.14. The van der Waals surface area contributed by atoms with Gasteiger partial charge in [-0.1, -0.05) is 48.5 Å². The number of halogens is 4. The van der Waals surface area contributed by atoms with Gasteiger partial charge in [0.15, 0.2) is 0 Å². The summed E-state index contributed by atoms with van der Waals surface area (Å²) in [5.74, 6) is 0. The molecule has 188 valence electrons. The first-order valence-electron chi connectivity index (χ1n) is 11.0. The van der Waals surface area contributed by atoms with Crippen molar-refractivity contribution in [2.24, 2.45) is 0 Å². The van der Waals surface area contributed by atoms with Crippen LogP contribution in [0.15, 0.2) is 66.9 Å². The number of pyridine rings is 1. The number of aryl methyl sites for hydroxylation is 2. The van der Waals surface area contributed by atoms with Crippen LogP contribution in [0.25, 0.3) is 21.8 Å². The molecule has 0 fully saturated rings. The molecule has 2 aromatic carbocycles. The molecule has 0 aliphatic heterocycles. The van der Waals surface area contributed by atoms with E-state index < -0.39 is 0 Å². The van der Waals surface area contributed by atoms with Crippen LogP contribution in [-0.2, 0) is 19.5 Å². The van der Waals surface area contributed by atoms with Gasteiger partial charge in [0.2, 0.25) is 0 Å². The average molecular weight is 546 g/mol. The highest BCUT2D eigenvalue weighted by atomic mass is 35.5. The lowest BCUT2D eigenvalue weighted by Gasteiger charge is -2.12. The third-order valence-corrected chi connectivity index (χ3v) is 5.70. The first kappa shape index (κ1) is 32.5. The number of para-hydroxylation sites is 1. The molecule has 0 saturated heterocycles. The molecule has 2 heterocycles. The van der Waals surface area contributed by atoms with E-state index in [0.29, 0.717) is 0 Å². The van der Waals surface area contributed by atoms with Crippen molar-refractivity contribution in [1.29, 1.82) is 0 Å². The highest BCUT2D eigenvalue weighted by molar-refractivity contribution is 6.08. The topological polar surface area (TPSA) is 33.1 Å². The third-order valence-electron chi connectivity index (χ3n) is 5.70. The van der Waals surface area contributed by atoms with Crippen molar-refractivity contribution >= 4 is 71.4 Å². The Hall–Kier alpha value is -1.53. The summed E-state index contributed by atoms with van der Waals surface area (Å²) >= 11 is 0. The maximum absolute atomic E-state index is 4.77. The molecule has 1 N–H and O–H groups in total. The van der Waals surface area contributed by atoms with E-state index in [4.69, 9.17) is 4.98 Å². The van der Waals surface area contributed by atoms with Crippen LogP contribution >= 0.6 is 49.6 Å². The molecule has 0 radical (unpaired) electrons. The van der Waals surface area contributed by atoms with Gasteiger partial charge in [-0.05, 0) is 64.1 Å². The van der Waals surface area contributed by atoms with Gasteiger partial charge in [0, 0.05) is 35.6 Å². The molecule has 4 aromatic rings. The summed E-state index contributed by atoms with van der Waals surface area (Å²) in [7, 11) is 4.24. The lowest BCUT2D eigenvalue weighted by Crippen LogP contribution is -2.21. The van der Waals surface area contributed by atoms with Crippen molar-refractivity contribution in [3.8, 4) is 0 Å². The van der Waals surface area contributed by atoms with Gasteiger partial charge >= 0.3 is 0 Å². The van der Waals surface area contributed by atoms with Crippen molar-refractivity contribution in [1.82, 2.24) is 19.8 Å². The molecule has 2 aromatic heterocycles. The van der Waals surface area contributed by atoms with Crippen LogP contribution in [0.3, 0.4) is 0 Å². The number of hydrogen-bond acceptors (Lipinski definition) is 3. The lowest BCUT2D eigenvalue weighted by atomic mass is 10.1. The summed E-state index contributed by atoms with van der Waals surface area (Å²) in [5.41, 5.74) is 5.14. The first-order valence-corrected chi connectivity index (χ1v) is 11.0. The van der Waals surface area contributed by atoms with Crippen LogP contribution in [0.1, 0.15) is 24.1 Å². The van der Waals surface area contributed by atoms with E-state index in [1.165, 1.54) is 27.4 Å². The van der Waals surface area contributed by atoms with Crippen LogP contribution in [0.4, 0.5) is 0 Å². The first-order chi connectivity index (χ1) is 14.7. The molecule has 34 heavy (non-hydrogen) atoms. The van der Waals surface area contributed by atoms with Crippen molar-refractivity contribution < 1.29 is 0 Å². The molecule has 0 atom stereocenters. The quantitative estimate of drug-likeness (QED) is 0.229. The predicted octanol–water partition coefficient (Wildman–Crippen LogP) is 6.55. The second-order valence-corrected chi connectivity index (χ2v) is 8.25. The number of nitrogens with one attached hydrogen (secondary N) is 1. The Morgan fingerprint density at radius 2 is 1.53 bits per heavy atom. The van der Waals surface area contributed by atoms with Gasteiger partial charge < -0.3 is 14.8 Å². The largest absolute Gasteiger partial charge is 0.339 e. The summed E-state index contributed by atoms with van der Waals surface area (Å²) in [6, 6.07) is 21.7. The lowest BCUT2D eigenvalue weighted by molar-refractivity contribution is 0.394. The van der Waals surface area contributed by atoms with Gasteiger partial charge in [-0.15, -0.1) is 49.6 Å². The molecule has 0 saturated carbocycles. The van der Waals surface area contributed by atoms with Gasteiger partial charge in [-0.25, -0.2) is 0 Å².